The van der Waals surface area contributed by atoms with Gasteiger partial charge >= 0.3 is 0 Å². The number of carbonyl (C=O) groups excluding carboxylic acids is 2. The van der Waals surface area contributed by atoms with Gasteiger partial charge in [-0.05, 0) is 72.0 Å². The van der Waals surface area contributed by atoms with Gasteiger partial charge in [0.25, 0.3) is 0 Å². The summed E-state index contributed by atoms with van der Waals surface area (Å²) in [5.41, 5.74) is 2.53. The molecule has 182 valence electrons. The van der Waals surface area contributed by atoms with Crippen LogP contribution in [0.4, 0.5) is 0 Å². The SMILES string of the molecule is COc1cc(CCC(=O)C(=Cc2ccc(Br)cc2)C(=O)CCc2ccc(O)c(OC)c2)ccc1O. The highest BCUT2D eigenvalue weighted by atomic mass is 79.9. The Kier molecular flexibility index (Phi) is 9.09. The molecule has 2 N–H and O–H groups in total. The number of hydrogen-bond acceptors (Lipinski definition) is 6. The number of halogens is 1. The van der Waals surface area contributed by atoms with E-state index in [9.17, 15) is 19.8 Å². The number of carbonyl (C=O) groups is 2. The zero-order valence-corrected chi connectivity index (χ0v) is 21.2. The molecule has 0 unspecified atom stereocenters. The van der Waals surface area contributed by atoms with Gasteiger partial charge in [0.15, 0.2) is 34.6 Å². The first kappa shape index (κ1) is 26.0. The van der Waals surface area contributed by atoms with Crippen LogP contribution in [0.3, 0.4) is 0 Å². The number of hydrogen-bond donors (Lipinski definition) is 2. The summed E-state index contributed by atoms with van der Waals surface area (Å²) >= 11 is 3.39. The summed E-state index contributed by atoms with van der Waals surface area (Å²) in [5, 5.41) is 19.6. The summed E-state index contributed by atoms with van der Waals surface area (Å²) in [6.45, 7) is 0. The lowest BCUT2D eigenvalue weighted by Gasteiger charge is -2.10. The molecule has 6 nitrogen and oxygen atoms in total. The van der Waals surface area contributed by atoms with E-state index in [1.807, 2.05) is 24.3 Å². The highest BCUT2D eigenvalue weighted by molar-refractivity contribution is 9.10. The fourth-order valence-corrected chi connectivity index (χ4v) is 3.85. The van der Waals surface area contributed by atoms with Crippen molar-refractivity contribution in [2.24, 2.45) is 0 Å². The Hall–Kier alpha value is -3.58. The van der Waals surface area contributed by atoms with E-state index < -0.39 is 0 Å². The minimum atomic E-state index is -0.256. The van der Waals surface area contributed by atoms with Crippen LogP contribution in [0.5, 0.6) is 23.0 Å². The first-order valence-corrected chi connectivity index (χ1v) is 11.9. The molecule has 0 atom stereocenters. The number of aryl methyl sites for hydroxylation is 2. The Balaban J connectivity index is 1.78. The number of benzene rings is 3. The van der Waals surface area contributed by atoms with Gasteiger partial charge in [-0.3, -0.25) is 9.59 Å². The number of Topliss-reactive ketones (excluding diaryl/α,β-unsaturated/α-hetero) is 2. The molecule has 0 amide bonds. The smallest absolute Gasteiger partial charge is 0.166 e. The van der Waals surface area contributed by atoms with Gasteiger partial charge in [0, 0.05) is 17.3 Å². The van der Waals surface area contributed by atoms with Crippen molar-refractivity contribution in [3.63, 3.8) is 0 Å². The Labute approximate surface area is 213 Å². The number of ketones is 2. The van der Waals surface area contributed by atoms with E-state index >= 15 is 0 Å². The Bertz CT molecular complexity index is 1160. The van der Waals surface area contributed by atoms with Crippen LogP contribution in [0, 0.1) is 0 Å². The van der Waals surface area contributed by atoms with Crippen molar-refractivity contribution in [1.82, 2.24) is 0 Å². The van der Waals surface area contributed by atoms with Gasteiger partial charge in [0.1, 0.15) is 0 Å². The van der Waals surface area contributed by atoms with E-state index in [1.165, 1.54) is 26.4 Å². The van der Waals surface area contributed by atoms with Crippen molar-refractivity contribution in [1.29, 1.82) is 0 Å². The molecule has 35 heavy (non-hydrogen) atoms. The highest BCUT2D eigenvalue weighted by Crippen LogP contribution is 2.28. The maximum absolute atomic E-state index is 13.2. The third-order valence-corrected chi connectivity index (χ3v) is 6.08. The standard InChI is InChI=1S/C28H27BrO6/c1-34-27-16-19(7-13-25(27)32)5-11-23(30)22(15-18-3-9-21(29)10-4-18)24(31)12-6-20-8-14-26(33)28(17-20)35-2/h3-4,7-10,13-17,32-33H,5-6,11-12H2,1-2H3. The molecule has 3 aromatic carbocycles. The maximum Gasteiger partial charge on any atom is 0.166 e. The molecular formula is C28H27BrO6. The number of ether oxygens (including phenoxy) is 2. The van der Waals surface area contributed by atoms with Crippen molar-refractivity contribution >= 4 is 33.6 Å². The molecule has 0 heterocycles. The second-order valence-corrected chi connectivity index (χ2v) is 8.88. The van der Waals surface area contributed by atoms with Crippen LogP contribution in [-0.2, 0) is 22.4 Å². The van der Waals surface area contributed by atoms with Gasteiger partial charge in [0.05, 0.1) is 19.8 Å². The van der Waals surface area contributed by atoms with Crippen LogP contribution in [0.1, 0.15) is 29.5 Å². The molecule has 0 bridgehead atoms. The molecule has 0 fully saturated rings. The van der Waals surface area contributed by atoms with E-state index in [1.54, 1.807) is 30.3 Å². The highest BCUT2D eigenvalue weighted by Gasteiger charge is 2.19. The lowest BCUT2D eigenvalue weighted by atomic mass is 9.94. The van der Waals surface area contributed by atoms with Crippen LogP contribution in [-0.4, -0.2) is 36.0 Å². The fourth-order valence-electron chi connectivity index (χ4n) is 3.58. The minimum Gasteiger partial charge on any atom is -0.504 e. The minimum absolute atomic E-state index is 0.0273. The zero-order chi connectivity index (χ0) is 25.4. The van der Waals surface area contributed by atoms with Crippen LogP contribution in [0.2, 0.25) is 0 Å². The molecule has 0 radical (unpaired) electrons. The van der Waals surface area contributed by atoms with Crippen LogP contribution in [0.25, 0.3) is 6.08 Å². The third-order valence-electron chi connectivity index (χ3n) is 5.55. The fraction of sp³-hybridized carbons (Fsp3) is 0.214. The number of phenolic OH excluding ortho intramolecular Hbond substituents is 2. The Morgan fingerprint density at radius 2 is 1.23 bits per heavy atom. The summed E-state index contributed by atoms with van der Waals surface area (Å²) in [7, 11) is 2.93. The van der Waals surface area contributed by atoms with Gasteiger partial charge in [-0.1, -0.05) is 40.2 Å². The van der Waals surface area contributed by atoms with Gasteiger partial charge in [0.2, 0.25) is 0 Å². The van der Waals surface area contributed by atoms with Gasteiger partial charge in [-0.2, -0.15) is 0 Å². The Morgan fingerprint density at radius 3 is 1.66 bits per heavy atom. The molecule has 3 aromatic rings. The maximum atomic E-state index is 13.2. The number of rotatable bonds is 11. The van der Waals surface area contributed by atoms with Crippen LogP contribution >= 0.6 is 15.9 Å². The molecule has 0 aliphatic heterocycles. The monoisotopic (exact) mass is 538 g/mol. The number of allylic oxidation sites excluding steroid dienone is 1. The largest absolute Gasteiger partial charge is 0.504 e. The number of methoxy groups -OCH3 is 2. The summed E-state index contributed by atoms with van der Waals surface area (Å²) in [6, 6.07) is 17.2. The summed E-state index contributed by atoms with van der Waals surface area (Å²) in [5.74, 6) is 0.210. The molecule has 0 saturated heterocycles. The topological polar surface area (TPSA) is 93.1 Å². The van der Waals surface area contributed by atoms with Gasteiger partial charge in [-0.15, -0.1) is 0 Å². The predicted molar refractivity (Wildman–Crippen MR) is 138 cm³/mol. The van der Waals surface area contributed by atoms with Crippen LogP contribution in [0.15, 0.2) is 70.7 Å². The van der Waals surface area contributed by atoms with E-state index in [4.69, 9.17) is 9.47 Å². The van der Waals surface area contributed by atoms with Gasteiger partial charge < -0.3 is 19.7 Å². The molecule has 0 saturated carbocycles. The van der Waals surface area contributed by atoms with Crippen LogP contribution < -0.4 is 9.47 Å². The van der Waals surface area contributed by atoms with E-state index in [-0.39, 0.29) is 41.5 Å². The van der Waals surface area contributed by atoms with E-state index in [0.29, 0.717) is 24.3 Å². The molecule has 7 heteroatoms. The molecule has 3 rings (SSSR count). The second-order valence-electron chi connectivity index (χ2n) is 7.97. The molecule has 0 aliphatic carbocycles. The van der Waals surface area contributed by atoms with E-state index in [0.717, 1.165) is 21.2 Å². The van der Waals surface area contributed by atoms with Crippen molar-refractivity contribution in [2.45, 2.75) is 25.7 Å². The predicted octanol–water partition coefficient (Wildman–Crippen LogP) is 5.66. The zero-order valence-electron chi connectivity index (χ0n) is 19.6. The van der Waals surface area contributed by atoms with Crippen molar-refractivity contribution < 1.29 is 29.3 Å². The third kappa shape index (κ3) is 7.20. The molecule has 0 aromatic heterocycles. The molecular weight excluding hydrogens is 512 g/mol. The first-order valence-electron chi connectivity index (χ1n) is 11.1. The lowest BCUT2D eigenvalue weighted by molar-refractivity contribution is -0.121. The van der Waals surface area contributed by atoms with Crippen molar-refractivity contribution in [3.05, 3.63) is 87.4 Å². The second kappa shape index (κ2) is 12.2. The molecule has 0 aliphatic rings. The lowest BCUT2D eigenvalue weighted by Crippen LogP contribution is -2.14. The average molecular weight is 539 g/mol. The average Bonchev–Trinajstić information content (AvgIpc) is 2.86. The molecule has 0 spiro atoms. The summed E-state index contributed by atoms with van der Waals surface area (Å²) < 4.78 is 11.2. The quantitative estimate of drug-likeness (QED) is 0.186. The summed E-state index contributed by atoms with van der Waals surface area (Å²) in [4.78, 5) is 26.4. The van der Waals surface area contributed by atoms with E-state index in [2.05, 4.69) is 15.9 Å². The van der Waals surface area contributed by atoms with Gasteiger partial charge in [-0.25, -0.2) is 0 Å². The summed E-state index contributed by atoms with van der Waals surface area (Å²) in [6.07, 6.45) is 2.70. The first-order chi connectivity index (χ1) is 16.8. The normalized spacial score (nSPS) is 10.5. The van der Waals surface area contributed by atoms with Crippen molar-refractivity contribution in [2.75, 3.05) is 14.2 Å². The number of aromatic hydroxyl groups is 2. The van der Waals surface area contributed by atoms with Crippen molar-refractivity contribution in [3.8, 4) is 23.0 Å². The number of phenols is 2. The Morgan fingerprint density at radius 1 is 0.771 bits per heavy atom.